The monoisotopic (exact) mass is 234 g/mol. The molecule has 0 amide bonds. The second-order valence-electron chi connectivity index (χ2n) is 4.78. The van der Waals surface area contributed by atoms with Crippen LogP contribution in [0.1, 0.15) is 50.3 Å². The molecule has 1 aromatic heterocycles. The van der Waals surface area contributed by atoms with E-state index in [9.17, 15) is 0 Å². The van der Waals surface area contributed by atoms with Gasteiger partial charge in [-0.15, -0.1) is 0 Å². The lowest BCUT2D eigenvalue weighted by molar-refractivity contribution is 0.397. The minimum absolute atomic E-state index is 0.168. The number of nitrogens with zero attached hydrogens (tertiary/aromatic N) is 2. The fraction of sp³-hybridized carbons (Fsp3) is 0.692. The maximum absolute atomic E-state index is 5.84. The number of aromatic nitrogens is 2. The Morgan fingerprint density at radius 1 is 1.29 bits per heavy atom. The van der Waals surface area contributed by atoms with Crippen LogP contribution in [0.2, 0.25) is 0 Å². The highest BCUT2D eigenvalue weighted by atomic mass is 15.0. The Bertz CT molecular complexity index is 306. The van der Waals surface area contributed by atoms with E-state index >= 15 is 0 Å². The van der Waals surface area contributed by atoms with E-state index in [1.54, 1.807) is 12.5 Å². The Kier molecular flexibility index (Phi) is 4.88. The van der Waals surface area contributed by atoms with E-state index in [-0.39, 0.29) is 6.04 Å². The number of nitrogens with two attached hydrogens (primary N) is 1. The number of nitrogens with one attached hydrogen (secondary N) is 1. The lowest BCUT2D eigenvalue weighted by Gasteiger charge is -2.23. The third-order valence-corrected chi connectivity index (χ3v) is 3.49. The van der Waals surface area contributed by atoms with Crippen molar-refractivity contribution in [2.24, 2.45) is 5.73 Å². The van der Waals surface area contributed by atoms with Gasteiger partial charge in [0.15, 0.2) is 0 Å². The number of hydrogen-bond donors (Lipinski definition) is 2. The van der Waals surface area contributed by atoms with Crippen molar-refractivity contribution in [3.8, 4) is 0 Å². The smallest absolute Gasteiger partial charge is 0.115 e. The summed E-state index contributed by atoms with van der Waals surface area (Å²) in [4.78, 5) is 8.23. The van der Waals surface area contributed by atoms with Crippen LogP contribution in [-0.4, -0.2) is 22.6 Å². The van der Waals surface area contributed by atoms with E-state index < -0.39 is 0 Å². The van der Waals surface area contributed by atoms with Gasteiger partial charge in [0.25, 0.3) is 0 Å². The van der Waals surface area contributed by atoms with Crippen LogP contribution in [0, 0.1) is 0 Å². The number of rotatable bonds is 4. The Hall–Kier alpha value is -1.00. The van der Waals surface area contributed by atoms with Crippen molar-refractivity contribution in [2.75, 3.05) is 6.54 Å². The highest BCUT2D eigenvalue weighted by Gasteiger charge is 2.17. The first kappa shape index (κ1) is 12.5. The van der Waals surface area contributed by atoms with Gasteiger partial charge in [-0.25, -0.2) is 9.97 Å². The molecular formula is C13H22N4. The molecule has 3 N–H and O–H groups in total. The first-order valence-corrected chi connectivity index (χ1v) is 6.62. The molecule has 0 bridgehead atoms. The van der Waals surface area contributed by atoms with Crippen molar-refractivity contribution in [3.63, 3.8) is 0 Å². The minimum Gasteiger partial charge on any atom is -0.329 e. The van der Waals surface area contributed by atoms with E-state index in [0.29, 0.717) is 12.6 Å². The summed E-state index contributed by atoms with van der Waals surface area (Å²) in [5.74, 6) is 0. The van der Waals surface area contributed by atoms with Crippen LogP contribution in [-0.2, 0) is 0 Å². The van der Waals surface area contributed by atoms with Gasteiger partial charge in [0.2, 0.25) is 0 Å². The maximum atomic E-state index is 5.84. The van der Waals surface area contributed by atoms with Gasteiger partial charge in [0, 0.05) is 18.8 Å². The van der Waals surface area contributed by atoms with Crippen LogP contribution in [0.5, 0.6) is 0 Å². The van der Waals surface area contributed by atoms with Crippen molar-refractivity contribution in [1.82, 2.24) is 15.3 Å². The fourth-order valence-corrected chi connectivity index (χ4v) is 2.51. The predicted molar refractivity (Wildman–Crippen MR) is 68.5 cm³/mol. The zero-order valence-electron chi connectivity index (χ0n) is 10.3. The largest absolute Gasteiger partial charge is 0.329 e. The molecule has 2 rings (SSSR count). The molecule has 1 atom stereocenters. The molecule has 1 unspecified atom stereocenters. The van der Waals surface area contributed by atoms with Gasteiger partial charge in [0.1, 0.15) is 6.33 Å². The van der Waals surface area contributed by atoms with Crippen LogP contribution < -0.4 is 11.1 Å². The van der Waals surface area contributed by atoms with Crippen molar-refractivity contribution in [2.45, 2.75) is 50.6 Å². The zero-order chi connectivity index (χ0) is 11.9. The van der Waals surface area contributed by atoms with Crippen molar-refractivity contribution in [3.05, 3.63) is 24.3 Å². The topological polar surface area (TPSA) is 63.8 Å². The van der Waals surface area contributed by atoms with Crippen LogP contribution in [0.25, 0.3) is 0 Å². The molecule has 0 radical (unpaired) electrons. The van der Waals surface area contributed by atoms with Crippen LogP contribution in [0.15, 0.2) is 18.6 Å². The lowest BCUT2D eigenvalue weighted by atomic mass is 10.1. The van der Waals surface area contributed by atoms with Crippen molar-refractivity contribution >= 4 is 0 Å². The molecule has 1 fully saturated rings. The van der Waals surface area contributed by atoms with Gasteiger partial charge in [-0.3, -0.25) is 0 Å². The van der Waals surface area contributed by atoms with E-state index in [0.717, 1.165) is 5.69 Å². The first-order valence-electron chi connectivity index (χ1n) is 6.62. The molecule has 4 heteroatoms. The molecule has 17 heavy (non-hydrogen) atoms. The molecule has 94 valence electrons. The highest BCUT2D eigenvalue weighted by Crippen LogP contribution is 2.19. The standard InChI is InChI=1S/C13H22N4/c14-9-13(12-7-8-15-10-16-12)17-11-5-3-1-2-4-6-11/h7-8,10-11,13,17H,1-6,9,14H2. The van der Waals surface area contributed by atoms with Crippen LogP contribution in [0.4, 0.5) is 0 Å². The highest BCUT2D eigenvalue weighted by molar-refractivity contribution is 5.05. The average molecular weight is 234 g/mol. The second kappa shape index (κ2) is 6.67. The maximum Gasteiger partial charge on any atom is 0.115 e. The Balaban J connectivity index is 1.94. The van der Waals surface area contributed by atoms with E-state index in [2.05, 4.69) is 15.3 Å². The third-order valence-electron chi connectivity index (χ3n) is 3.49. The normalized spacial score (nSPS) is 19.8. The lowest BCUT2D eigenvalue weighted by Crippen LogP contribution is -2.36. The fourth-order valence-electron chi connectivity index (χ4n) is 2.51. The zero-order valence-corrected chi connectivity index (χ0v) is 10.3. The summed E-state index contributed by atoms with van der Waals surface area (Å²) in [5.41, 5.74) is 6.84. The first-order chi connectivity index (χ1) is 8.40. The summed E-state index contributed by atoms with van der Waals surface area (Å²) in [7, 11) is 0. The van der Waals surface area contributed by atoms with E-state index in [1.165, 1.54) is 38.5 Å². The van der Waals surface area contributed by atoms with E-state index in [1.807, 2.05) is 6.07 Å². The summed E-state index contributed by atoms with van der Waals surface area (Å²) >= 11 is 0. The quantitative estimate of drug-likeness (QED) is 0.780. The molecule has 1 heterocycles. The van der Waals surface area contributed by atoms with Gasteiger partial charge in [0.05, 0.1) is 11.7 Å². The molecule has 4 nitrogen and oxygen atoms in total. The summed E-state index contributed by atoms with van der Waals surface area (Å²) in [6, 6.07) is 2.71. The van der Waals surface area contributed by atoms with Gasteiger partial charge in [-0.2, -0.15) is 0 Å². The van der Waals surface area contributed by atoms with Crippen LogP contribution in [0.3, 0.4) is 0 Å². The molecule has 1 aromatic rings. The molecule has 0 aromatic carbocycles. The SMILES string of the molecule is NCC(NC1CCCCCC1)c1ccncn1. The van der Waals surface area contributed by atoms with E-state index in [4.69, 9.17) is 5.73 Å². The van der Waals surface area contributed by atoms with Crippen LogP contribution >= 0.6 is 0 Å². The minimum atomic E-state index is 0.168. The molecule has 1 saturated carbocycles. The summed E-state index contributed by atoms with van der Waals surface area (Å²) in [5, 5.41) is 3.65. The summed E-state index contributed by atoms with van der Waals surface area (Å²) in [6.45, 7) is 0.591. The Morgan fingerprint density at radius 3 is 2.65 bits per heavy atom. The summed E-state index contributed by atoms with van der Waals surface area (Å²) < 4.78 is 0. The molecule has 1 aliphatic rings. The molecular weight excluding hydrogens is 212 g/mol. The van der Waals surface area contributed by atoms with Gasteiger partial charge in [-0.05, 0) is 18.9 Å². The summed E-state index contributed by atoms with van der Waals surface area (Å²) in [6.07, 6.45) is 11.3. The third kappa shape index (κ3) is 3.75. The molecule has 1 aliphatic carbocycles. The molecule has 0 spiro atoms. The molecule has 0 aliphatic heterocycles. The van der Waals surface area contributed by atoms with Gasteiger partial charge < -0.3 is 11.1 Å². The van der Waals surface area contributed by atoms with Crippen molar-refractivity contribution in [1.29, 1.82) is 0 Å². The molecule has 0 saturated heterocycles. The predicted octanol–water partition coefficient (Wildman–Crippen LogP) is 1.79. The average Bonchev–Trinajstić information content (AvgIpc) is 2.65. The number of hydrogen-bond acceptors (Lipinski definition) is 4. The van der Waals surface area contributed by atoms with Gasteiger partial charge >= 0.3 is 0 Å². The van der Waals surface area contributed by atoms with Crippen molar-refractivity contribution < 1.29 is 0 Å². The van der Waals surface area contributed by atoms with Gasteiger partial charge in [-0.1, -0.05) is 25.7 Å². The second-order valence-corrected chi connectivity index (χ2v) is 4.78. The Morgan fingerprint density at radius 2 is 2.06 bits per heavy atom. The Labute approximate surface area is 103 Å².